The predicted octanol–water partition coefficient (Wildman–Crippen LogP) is 2.03. The first-order chi connectivity index (χ1) is 9.31. The molecule has 8 heteroatoms. The van der Waals surface area contributed by atoms with E-state index in [9.17, 15) is 12.8 Å². The molecule has 1 aromatic carbocycles. The van der Waals surface area contributed by atoms with E-state index in [-0.39, 0.29) is 22.8 Å². The minimum Gasteiger partial charge on any atom is -0.491 e. The molecule has 3 N–H and O–H groups in total. The minimum atomic E-state index is -3.79. The molecule has 0 aromatic heterocycles. The third-order valence-electron chi connectivity index (χ3n) is 2.55. The fourth-order valence-electron chi connectivity index (χ4n) is 1.65. The van der Waals surface area contributed by atoms with Gasteiger partial charge in [-0.05, 0) is 25.5 Å². The molecular weight excluding hydrogens is 303 g/mol. The van der Waals surface area contributed by atoms with Crippen molar-refractivity contribution in [3.8, 4) is 5.75 Å². The van der Waals surface area contributed by atoms with Crippen LogP contribution < -0.4 is 15.2 Å². The lowest BCUT2D eigenvalue weighted by atomic mass is 10.3. The molecule has 0 aliphatic carbocycles. The highest BCUT2D eigenvalue weighted by Crippen LogP contribution is 2.22. The quantitative estimate of drug-likeness (QED) is 0.751. The molecule has 0 fully saturated rings. The summed E-state index contributed by atoms with van der Waals surface area (Å²) in [4.78, 5) is -0.119. The van der Waals surface area contributed by atoms with Crippen LogP contribution in [0.2, 0.25) is 0 Å². The van der Waals surface area contributed by atoms with Crippen molar-refractivity contribution in [1.82, 2.24) is 0 Å². The van der Waals surface area contributed by atoms with E-state index in [1.54, 1.807) is 13.8 Å². The lowest BCUT2D eigenvalue weighted by molar-refractivity contribution is 0.321. The van der Waals surface area contributed by atoms with E-state index < -0.39 is 21.1 Å². The highest BCUT2D eigenvalue weighted by Gasteiger charge is 2.26. The highest BCUT2D eigenvalue weighted by atomic mass is 32.2. The predicted molar refractivity (Wildman–Crippen MR) is 81.0 cm³/mol. The number of sulfonamides is 1. The number of nitrogens with two attached hydrogens (primary N) is 1. The summed E-state index contributed by atoms with van der Waals surface area (Å²) in [6.45, 7) is 3.70. The van der Waals surface area contributed by atoms with Gasteiger partial charge in [-0.25, -0.2) is 12.8 Å². The Morgan fingerprint density at radius 3 is 2.60 bits per heavy atom. The zero-order chi connectivity index (χ0) is 15.3. The van der Waals surface area contributed by atoms with Gasteiger partial charge in [0.05, 0.1) is 17.3 Å². The first-order valence-electron chi connectivity index (χ1n) is 6.05. The summed E-state index contributed by atoms with van der Waals surface area (Å²) in [5.41, 5.74) is 5.50. The Labute approximate surface area is 123 Å². The van der Waals surface area contributed by atoms with Gasteiger partial charge in [0.2, 0.25) is 10.0 Å². The molecule has 20 heavy (non-hydrogen) atoms. The Balaban J connectivity index is 2.98. The topological polar surface area (TPSA) is 81.4 Å². The molecule has 0 aliphatic rings. The number of hydrogen-bond acceptors (Lipinski definition) is 4. The van der Waals surface area contributed by atoms with Gasteiger partial charge in [-0.3, -0.25) is 4.72 Å². The third-order valence-corrected chi connectivity index (χ3v) is 4.84. The number of halogens is 1. The van der Waals surface area contributed by atoms with Gasteiger partial charge in [0.15, 0.2) is 11.6 Å². The smallest absolute Gasteiger partial charge is 0.242 e. The average Bonchev–Trinajstić information content (AvgIpc) is 2.32. The Bertz CT molecular complexity index is 590. The molecular formula is C12H17FN2O3S2. The molecule has 0 aliphatic heterocycles. The van der Waals surface area contributed by atoms with Gasteiger partial charge in [-0.15, -0.1) is 0 Å². The monoisotopic (exact) mass is 320 g/mol. The van der Waals surface area contributed by atoms with E-state index in [2.05, 4.69) is 4.72 Å². The van der Waals surface area contributed by atoms with E-state index in [4.69, 9.17) is 22.7 Å². The maximum atomic E-state index is 13.6. The summed E-state index contributed by atoms with van der Waals surface area (Å²) in [5.74, 6) is -0.577. The number of hydrogen-bond donors (Lipinski definition) is 2. The molecule has 0 bridgehead atoms. The van der Waals surface area contributed by atoms with E-state index in [1.807, 2.05) is 0 Å². The van der Waals surface area contributed by atoms with Crippen LogP contribution in [0.3, 0.4) is 0 Å². The molecule has 0 heterocycles. The first-order valence-corrected chi connectivity index (χ1v) is 8.00. The molecule has 1 rings (SSSR count). The van der Waals surface area contributed by atoms with E-state index >= 15 is 0 Å². The Hall–Kier alpha value is -1.41. The van der Waals surface area contributed by atoms with E-state index in [0.717, 1.165) is 6.07 Å². The average molecular weight is 320 g/mol. The van der Waals surface area contributed by atoms with Crippen molar-refractivity contribution in [3.63, 3.8) is 0 Å². The molecule has 0 radical (unpaired) electrons. The van der Waals surface area contributed by atoms with Gasteiger partial charge >= 0.3 is 0 Å². The third kappa shape index (κ3) is 4.04. The van der Waals surface area contributed by atoms with Crippen molar-refractivity contribution in [2.24, 2.45) is 5.73 Å². The van der Waals surface area contributed by atoms with Crippen molar-refractivity contribution in [1.29, 1.82) is 0 Å². The first kappa shape index (κ1) is 16.6. The summed E-state index contributed by atoms with van der Waals surface area (Å²) in [6, 6.07) is 3.82. The molecule has 0 saturated carbocycles. The van der Waals surface area contributed by atoms with Crippen LogP contribution in [-0.2, 0) is 10.0 Å². The van der Waals surface area contributed by atoms with Gasteiger partial charge in [-0.2, -0.15) is 0 Å². The van der Waals surface area contributed by atoms with E-state index in [0.29, 0.717) is 6.61 Å². The minimum absolute atomic E-state index is 0.0665. The standard InChI is InChI=1S/C12H17FN2O3S2/c1-3-11(12(14)19)20(16,17)15-8-5-6-10(18-4-2)9(13)7-8/h5-7,11,15H,3-4H2,1-2H3,(H2,14,19). The van der Waals surface area contributed by atoms with Crippen LogP contribution in [0.5, 0.6) is 5.75 Å². The molecule has 112 valence electrons. The molecule has 0 spiro atoms. The highest BCUT2D eigenvalue weighted by molar-refractivity contribution is 7.95. The van der Waals surface area contributed by atoms with Gasteiger partial charge < -0.3 is 10.5 Å². The number of rotatable bonds is 7. The lowest BCUT2D eigenvalue weighted by Gasteiger charge is -2.16. The van der Waals surface area contributed by atoms with Crippen molar-refractivity contribution in [2.75, 3.05) is 11.3 Å². The number of benzene rings is 1. The Kier molecular flexibility index (Phi) is 5.70. The molecule has 0 saturated heterocycles. The SMILES string of the molecule is CCOc1ccc(NS(=O)(=O)C(CC)C(N)=S)cc1F. The van der Waals surface area contributed by atoms with Gasteiger partial charge in [-0.1, -0.05) is 19.1 Å². The van der Waals surface area contributed by atoms with Crippen LogP contribution in [0, 0.1) is 5.82 Å². The summed E-state index contributed by atoms with van der Waals surface area (Å²) in [5, 5.41) is -0.993. The van der Waals surface area contributed by atoms with E-state index in [1.165, 1.54) is 12.1 Å². The van der Waals surface area contributed by atoms with Gasteiger partial charge in [0, 0.05) is 6.07 Å². The van der Waals surface area contributed by atoms with Crippen LogP contribution in [0.15, 0.2) is 18.2 Å². The van der Waals surface area contributed by atoms with Crippen molar-refractivity contribution < 1.29 is 17.5 Å². The Morgan fingerprint density at radius 1 is 1.50 bits per heavy atom. The van der Waals surface area contributed by atoms with Crippen LogP contribution in [0.1, 0.15) is 20.3 Å². The normalized spacial score (nSPS) is 12.8. The fourth-order valence-corrected chi connectivity index (χ4v) is 3.53. The second-order valence-electron chi connectivity index (χ2n) is 4.02. The molecule has 0 amide bonds. The molecule has 5 nitrogen and oxygen atoms in total. The Morgan fingerprint density at radius 2 is 2.15 bits per heavy atom. The van der Waals surface area contributed by atoms with Crippen LogP contribution in [0.4, 0.5) is 10.1 Å². The zero-order valence-corrected chi connectivity index (χ0v) is 12.9. The summed E-state index contributed by atoms with van der Waals surface area (Å²) in [6.07, 6.45) is 0.240. The fraction of sp³-hybridized carbons (Fsp3) is 0.417. The summed E-state index contributed by atoms with van der Waals surface area (Å²) < 4.78 is 45.1. The lowest BCUT2D eigenvalue weighted by Crippen LogP contribution is -2.37. The summed E-state index contributed by atoms with van der Waals surface area (Å²) >= 11 is 4.73. The zero-order valence-electron chi connectivity index (χ0n) is 11.2. The van der Waals surface area contributed by atoms with Crippen LogP contribution >= 0.6 is 12.2 Å². The van der Waals surface area contributed by atoms with Gasteiger partial charge in [0.25, 0.3) is 0 Å². The maximum Gasteiger partial charge on any atom is 0.242 e. The summed E-state index contributed by atoms with van der Waals surface area (Å²) in [7, 11) is -3.79. The number of ether oxygens (including phenoxy) is 1. The van der Waals surface area contributed by atoms with Crippen LogP contribution in [0.25, 0.3) is 0 Å². The van der Waals surface area contributed by atoms with Crippen molar-refractivity contribution in [3.05, 3.63) is 24.0 Å². The maximum absolute atomic E-state index is 13.6. The largest absolute Gasteiger partial charge is 0.491 e. The second-order valence-corrected chi connectivity index (χ2v) is 6.36. The van der Waals surface area contributed by atoms with Crippen molar-refractivity contribution in [2.45, 2.75) is 25.5 Å². The second kappa shape index (κ2) is 6.85. The molecule has 1 atom stereocenters. The van der Waals surface area contributed by atoms with Gasteiger partial charge in [0.1, 0.15) is 5.25 Å². The number of nitrogens with one attached hydrogen (secondary N) is 1. The molecule has 1 unspecified atom stereocenters. The molecule has 1 aromatic rings. The van der Waals surface area contributed by atoms with Crippen LogP contribution in [-0.4, -0.2) is 25.3 Å². The number of anilines is 1. The number of thiocarbonyl (C=S) groups is 1. The van der Waals surface area contributed by atoms with Crippen molar-refractivity contribution >= 4 is 32.9 Å².